The summed E-state index contributed by atoms with van der Waals surface area (Å²) >= 11 is 10.5. The Hall–Kier alpha value is -2.63. The van der Waals surface area contributed by atoms with E-state index < -0.39 is 4.92 Å². The van der Waals surface area contributed by atoms with E-state index in [9.17, 15) is 14.9 Å². The number of aromatic nitrogens is 3. The van der Waals surface area contributed by atoms with Gasteiger partial charge in [0.15, 0.2) is 5.82 Å². The smallest absolute Gasteiger partial charge is 0.271 e. The fourth-order valence-electron chi connectivity index (χ4n) is 2.24. The molecule has 144 valence electrons. The molecule has 1 amide bonds. The van der Waals surface area contributed by atoms with Gasteiger partial charge in [-0.3, -0.25) is 14.9 Å². The van der Waals surface area contributed by atoms with Crippen molar-refractivity contribution in [2.75, 3.05) is 16.9 Å². The molecule has 2 aromatic carbocycles. The van der Waals surface area contributed by atoms with Crippen molar-refractivity contribution in [3.63, 3.8) is 0 Å². The second-order valence-electron chi connectivity index (χ2n) is 5.41. The average molecular weight is 484 g/mol. The molecule has 0 bridgehead atoms. The van der Waals surface area contributed by atoms with Gasteiger partial charge in [-0.15, -0.1) is 10.2 Å². The number of hydrogen-bond acceptors (Lipinski definition) is 7. The number of thioether (sulfide) groups is 1. The van der Waals surface area contributed by atoms with Crippen LogP contribution in [0.3, 0.4) is 0 Å². The number of carbonyl (C=O) groups is 1. The number of nitrogen functional groups attached to an aromatic ring is 1. The zero-order chi connectivity index (χ0) is 20.3. The number of halogens is 2. The van der Waals surface area contributed by atoms with Crippen molar-refractivity contribution in [3.05, 3.63) is 62.1 Å². The Morgan fingerprint density at radius 2 is 2.07 bits per heavy atom. The van der Waals surface area contributed by atoms with Crippen LogP contribution < -0.4 is 11.2 Å². The summed E-state index contributed by atoms with van der Waals surface area (Å²) in [6, 6.07) is 11.2. The van der Waals surface area contributed by atoms with E-state index in [1.54, 1.807) is 0 Å². The van der Waals surface area contributed by atoms with Crippen LogP contribution in [0.2, 0.25) is 5.02 Å². The minimum Gasteiger partial charge on any atom is -0.335 e. The largest absolute Gasteiger partial charge is 0.335 e. The van der Waals surface area contributed by atoms with E-state index >= 15 is 0 Å². The van der Waals surface area contributed by atoms with Crippen LogP contribution in [0.5, 0.6) is 0 Å². The van der Waals surface area contributed by atoms with Crippen molar-refractivity contribution >= 4 is 56.6 Å². The molecule has 0 atom stereocenters. The van der Waals surface area contributed by atoms with Crippen molar-refractivity contribution < 1.29 is 9.72 Å². The van der Waals surface area contributed by atoms with Crippen LogP contribution in [0.25, 0.3) is 11.4 Å². The highest BCUT2D eigenvalue weighted by molar-refractivity contribution is 9.10. The summed E-state index contributed by atoms with van der Waals surface area (Å²) in [5.41, 5.74) is 0.889. The third-order valence-electron chi connectivity index (χ3n) is 3.55. The first-order valence-corrected chi connectivity index (χ1v) is 9.84. The first kappa shape index (κ1) is 20.1. The van der Waals surface area contributed by atoms with Crippen molar-refractivity contribution in [2.24, 2.45) is 0 Å². The Balaban J connectivity index is 1.66. The number of non-ortho nitro benzene ring substituents is 1. The molecule has 0 aliphatic rings. The van der Waals surface area contributed by atoms with Crippen molar-refractivity contribution in [1.29, 1.82) is 0 Å². The Kier molecular flexibility index (Phi) is 6.17. The standard InChI is InChI=1S/C16H12BrClN6O3S/c17-11-4-2-1-3-10(11)15-21-22-16(23(15)19)28-8-14(25)20-13-6-5-9(24(26)27)7-12(13)18/h1-7H,8,19H2,(H,20,25). The van der Waals surface area contributed by atoms with E-state index in [-0.39, 0.29) is 28.1 Å². The predicted octanol–water partition coefficient (Wildman–Crippen LogP) is 3.71. The highest BCUT2D eigenvalue weighted by atomic mass is 79.9. The maximum Gasteiger partial charge on any atom is 0.271 e. The molecule has 0 aliphatic heterocycles. The molecule has 0 fully saturated rings. The molecule has 0 unspecified atom stereocenters. The molecule has 0 radical (unpaired) electrons. The number of nitrogens with zero attached hydrogens (tertiary/aromatic N) is 4. The topological polar surface area (TPSA) is 129 Å². The van der Waals surface area contributed by atoms with Gasteiger partial charge in [0, 0.05) is 22.2 Å². The number of benzene rings is 2. The highest BCUT2D eigenvalue weighted by Crippen LogP contribution is 2.29. The lowest BCUT2D eigenvalue weighted by Gasteiger charge is -2.07. The molecule has 3 aromatic rings. The number of nitro benzene ring substituents is 1. The minimum absolute atomic E-state index is 0.00138. The SMILES string of the molecule is Nn1c(SCC(=O)Nc2ccc([N+](=O)[O-])cc2Cl)nnc1-c1ccccc1Br. The van der Waals surface area contributed by atoms with Crippen LogP contribution in [0, 0.1) is 10.1 Å². The summed E-state index contributed by atoms with van der Waals surface area (Å²) in [6.07, 6.45) is 0. The van der Waals surface area contributed by atoms with Gasteiger partial charge in [0.2, 0.25) is 11.1 Å². The van der Waals surface area contributed by atoms with Gasteiger partial charge in [-0.05, 0) is 18.2 Å². The van der Waals surface area contributed by atoms with E-state index in [0.29, 0.717) is 11.0 Å². The van der Waals surface area contributed by atoms with Gasteiger partial charge in [-0.25, -0.2) is 4.68 Å². The fraction of sp³-hybridized carbons (Fsp3) is 0.0625. The summed E-state index contributed by atoms with van der Waals surface area (Å²) in [7, 11) is 0. The second-order valence-corrected chi connectivity index (χ2v) is 7.62. The third kappa shape index (κ3) is 4.43. The Bertz CT molecular complexity index is 1060. The maximum atomic E-state index is 12.2. The molecule has 0 spiro atoms. The lowest BCUT2D eigenvalue weighted by Crippen LogP contribution is -2.16. The number of carbonyl (C=O) groups excluding carboxylic acids is 1. The van der Waals surface area contributed by atoms with Gasteiger partial charge in [0.05, 0.1) is 21.4 Å². The van der Waals surface area contributed by atoms with Crippen LogP contribution in [0.15, 0.2) is 52.1 Å². The first-order chi connectivity index (χ1) is 13.4. The number of anilines is 1. The third-order valence-corrected chi connectivity index (χ3v) is 5.50. The molecular weight excluding hydrogens is 472 g/mol. The second kappa shape index (κ2) is 8.59. The molecule has 3 rings (SSSR count). The summed E-state index contributed by atoms with van der Waals surface area (Å²) in [4.78, 5) is 22.3. The normalized spacial score (nSPS) is 10.6. The molecule has 1 heterocycles. The lowest BCUT2D eigenvalue weighted by molar-refractivity contribution is -0.384. The number of nitrogens with one attached hydrogen (secondary N) is 1. The molecular formula is C16H12BrClN6O3S. The van der Waals surface area contributed by atoms with Crippen LogP contribution in [-0.4, -0.2) is 31.5 Å². The molecule has 0 aliphatic carbocycles. The van der Waals surface area contributed by atoms with Crippen molar-refractivity contribution in [2.45, 2.75) is 5.16 Å². The Morgan fingerprint density at radius 3 is 2.75 bits per heavy atom. The van der Waals surface area contributed by atoms with Crippen LogP contribution >= 0.6 is 39.3 Å². The predicted molar refractivity (Wildman–Crippen MR) is 111 cm³/mol. The molecule has 1 aromatic heterocycles. The molecule has 0 saturated carbocycles. The average Bonchev–Trinajstić information content (AvgIpc) is 3.02. The van der Waals surface area contributed by atoms with Crippen LogP contribution in [-0.2, 0) is 4.79 Å². The number of nitro groups is 1. The van der Waals surface area contributed by atoms with Crippen molar-refractivity contribution in [3.8, 4) is 11.4 Å². The maximum absolute atomic E-state index is 12.2. The van der Waals surface area contributed by atoms with E-state index in [4.69, 9.17) is 17.4 Å². The van der Waals surface area contributed by atoms with Gasteiger partial charge in [0.1, 0.15) is 0 Å². The molecule has 12 heteroatoms. The van der Waals surface area contributed by atoms with Gasteiger partial charge in [-0.1, -0.05) is 51.4 Å². The van der Waals surface area contributed by atoms with E-state index in [1.807, 2.05) is 24.3 Å². The van der Waals surface area contributed by atoms with Crippen LogP contribution in [0.4, 0.5) is 11.4 Å². The zero-order valence-corrected chi connectivity index (χ0v) is 17.2. The first-order valence-electron chi connectivity index (χ1n) is 7.69. The van der Waals surface area contributed by atoms with E-state index in [0.717, 1.165) is 21.8 Å². The van der Waals surface area contributed by atoms with Crippen molar-refractivity contribution in [1.82, 2.24) is 14.9 Å². The highest BCUT2D eigenvalue weighted by Gasteiger charge is 2.16. The quantitative estimate of drug-likeness (QED) is 0.236. The fourth-order valence-corrected chi connectivity index (χ4v) is 3.58. The molecule has 9 nitrogen and oxygen atoms in total. The number of hydrogen-bond donors (Lipinski definition) is 2. The number of nitrogens with two attached hydrogens (primary N) is 1. The van der Waals surface area contributed by atoms with Gasteiger partial charge < -0.3 is 11.2 Å². The summed E-state index contributed by atoms with van der Waals surface area (Å²) < 4.78 is 2.12. The van der Waals surface area contributed by atoms with E-state index in [2.05, 4.69) is 31.4 Å². The summed E-state index contributed by atoms with van der Waals surface area (Å²) in [5, 5.41) is 21.8. The van der Waals surface area contributed by atoms with Gasteiger partial charge in [-0.2, -0.15) is 0 Å². The number of rotatable bonds is 6. The monoisotopic (exact) mass is 482 g/mol. The molecule has 3 N–H and O–H groups in total. The summed E-state index contributed by atoms with van der Waals surface area (Å²) in [6.45, 7) is 0. The van der Waals surface area contributed by atoms with E-state index in [1.165, 1.54) is 22.9 Å². The summed E-state index contributed by atoms with van der Waals surface area (Å²) in [5.74, 6) is 6.13. The lowest BCUT2D eigenvalue weighted by atomic mass is 10.2. The molecule has 28 heavy (non-hydrogen) atoms. The zero-order valence-electron chi connectivity index (χ0n) is 14.0. The number of amides is 1. The van der Waals surface area contributed by atoms with Gasteiger partial charge in [0.25, 0.3) is 5.69 Å². The Morgan fingerprint density at radius 1 is 1.32 bits per heavy atom. The minimum atomic E-state index is -0.565. The van der Waals surface area contributed by atoms with Gasteiger partial charge >= 0.3 is 0 Å². The molecule has 0 saturated heterocycles. The Labute approximate surface area is 176 Å². The van der Waals surface area contributed by atoms with Crippen LogP contribution in [0.1, 0.15) is 0 Å².